The molecule has 154 valence electrons. The van der Waals surface area contributed by atoms with Crippen molar-refractivity contribution >= 4 is 22.8 Å². The molecule has 0 radical (unpaired) electrons. The van der Waals surface area contributed by atoms with E-state index in [0.717, 1.165) is 23.2 Å². The lowest BCUT2D eigenvalue weighted by molar-refractivity contribution is -0.116. The SMILES string of the molecule is CCC(C)n1nccc1NC(=O)Cn1c(COc2ccccc2)nc2ccccc21. The van der Waals surface area contributed by atoms with E-state index >= 15 is 0 Å². The lowest BCUT2D eigenvalue weighted by Crippen LogP contribution is -2.23. The second-order valence-corrected chi connectivity index (χ2v) is 7.17. The van der Waals surface area contributed by atoms with Gasteiger partial charge >= 0.3 is 0 Å². The van der Waals surface area contributed by atoms with Crippen LogP contribution >= 0.6 is 0 Å². The highest BCUT2D eigenvalue weighted by Gasteiger charge is 2.16. The molecule has 0 saturated heterocycles. The van der Waals surface area contributed by atoms with Crippen LogP contribution in [0.2, 0.25) is 0 Å². The van der Waals surface area contributed by atoms with E-state index in [4.69, 9.17) is 4.74 Å². The van der Waals surface area contributed by atoms with Gasteiger partial charge in [-0.3, -0.25) is 4.79 Å². The maximum Gasteiger partial charge on any atom is 0.245 e. The molecule has 30 heavy (non-hydrogen) atoms. The van der Waals surface area contributed by atoms with Gasteiger partial charge in [-0.25, -0.2) is 9.67 Å². The van der Waals surface area contributed by atoms with Crippen molar-refractivity contribution in [1.82, 2.24) is 19.3 Å². The van der Waals surface area contributed by atoms with E-state index in [1.807, 2.05) is 69.9 Å². The van der Waals surface area contributed by atoms with Gasteiger partial charge in [0.25, 0.3) is 0 Å². The van der Waals surface area contributed by atoms with Gasteiger partial charge in [-0.05, 0) is 37.6 Å². The second-order valence-electron chi connectivity index (χ2n) is 7.17. The van der Waals surface area contributed by atoms with Crippen LogP contribution in [0.15, 0.2) is 66.9 Å². The quantitative estimate of drug-likeness (QED) is 0.473. The number of nitrogens with zero attached hydrogens (tertiary/aromatic N) is 4. The second kappa shape index (κ2) is 8.82. The third kappa shape index (κ3) is 4.20. The fourth-order valence-electron chi connectivity index (χ4n) is 3.34. The molecule has 7 heteroatoms. The van der Waals surface area contributed by atoms with Crippen LogP contribution in [0.4, 0.5) is 5.82 Å². The van der Waals surface area contributed by atoms with Crippen molar-refractivity contribution in [3.05, 3.63) is 72.7 Å². The van der Waals surface area contributed by atoms with Crippen LogP contribution in [0.5, 0.6) is 5.75 Å². The zero-order chi connectivity index (χ0) is 20.9. The number of ether oxygens (including phenoxy) is 1. The number of anilines is 1. The average Bonchev–Trinajstić information content (AvgIpc) is 3.37. The van der Waals surface area contributed by atoms with Gasteiger partial charge in [0.2, 0.25) is 5.91 Å². The van der Waals surface area contributed by atoms with Crippen molar-refractivity contribution in [2.45, 2.75) is 39.5 Å². The van der Waals surface area contributed by atoms with E-state index in [1.165, 1.54) is 0 Å². The minimum Gasteiger partial charge on any atom is -0.486 e. The smallest absolute Gasteiger partial charge is 0.245 e. The Kier molecular flexibility index (Phi) is 5.79. The number of amides is 1. The predicted molar refractivity (Wildman–Crippen MR) is 116 cm³/mol. The largest absolute Gasteiger partial charge is 0.486 e. The Morgan fingerprint density at radius 2 is 1.87 bits per heavy atom. The zero-order valence-corrected chi connectivity index (χ0v) is 17.2. The summed E-state index contributed by atoms with van der Waals surface area (Å²) in [6, 6.07) is 19.4. The molecule has 0 bridgehead atoms. The summed E-state index contributed by atoms with van der Waals surface area (Å²) in [7, 11) is 0. The van der Waals surface area contributed by atoms with Gasteiger partial charge < -0.3 is 14.6 Å². The predicted octanol–water partition coefficient (Wildman–Crippen LogP) is 4.42. The number of carbonyl (C=O) groups excluding carboxylic acids is 1. The van der Waals surface area contributed by atoms with Crippen molar-refractivity contribution in [3.63, 3.8) is 0 Å². The first kappa shape index (κ1) is 19.7. The summed E-state index contributed by atoms with van der Waals surface area (Å²) in [5.41, 5.74) is 1.73. The molecule has 1 amide bonds. The molecule has 0 saturated carbocycles. The van der Waals surface area contributed by atoms with Crippen LogP contribution in [-0.4, -0.2) is 25.2 Å². The Bertz CT molecular complexity index is 1130. The summed E-state index contributed by atoms with van der Waals surface area (Å²) >= 11 is 0. The lowest BCUT2D eigenvalue weighted by Gasteiger charge is -2.15. The van der Waals surface area contributed by atoms with Crippen molar-refractivity contribution in [2.24, 2.45) is 0 Å². The number of para-hydroxylation sites is 3. The number of carbonyl (C=O) groups is 1. The van der Waals surface area contributed by atoms with Crippen molar-refractivity contribution < 1.29 is 9.53 Å². The molecule has 2 aromatic carbocycles. The molecule has 0 aliphatic rings. The minimum absolute atomic E-state index is 0.135. The van der Waals surface area contributed by atoms with Crippen LogP contribution < -0.4 is 10.1 Å². The van der Waals surface area contributed by atoms with E-state index in [1.54, 1.807) is 6.20 Å². The van der Waals surface area contributed by atoms with Gasteiger partial charge in [0, 0.05) is 6.07 Å². The summed E-state index contributed by atoms with van der Waals surface area (Å²) in [6.07, 6.45) is 2.63. The first-order valence-corrected chi connectivity index (χ1v) is 10.1. The molecule has 0 aliphatic carbocycles. The zero-order valence-electron chi connectivity index (χ0n) is 17.2. The maximum atomic E-state index is 12.9. The van der Waals surface area contributed by atoms with E-state index in [9.17, 15) is 4.79 Å². The number of fused-ring (bicyclic) bond motifs is 1. The van der Waals surface area contributed by atoms with Crippen LogP contribution in [-0.2, 0) is 17.9 Å². The standard InChI is InChI=1S/C23H25N5O2/c1-3-17(2)28-21(13-14-24-28)26-23(29)15-27-20-12-8-7-11-19(20)25-22(27)16-30-18-9-5-4-6-10-18/h4-14,17H,3,15-16H2,1-2H3,(H,26,29). The molecule has 4 rings (SSSR count). The van der Waals surface area contributed by atoms with Crippen molar-refractivity contribution in [3.8, 4) is 5.75 Å². The number of rotatable bonds is 8. The Morgan fingerprint density at radius 1 is 1.10 bits per heavy atom. The van der Waals surface area contributed by atoms with E-state index in [0.29, 0.717) is 11.6 Å². The van der Waals surface area contributed by atoms with Crippen molar-refractivity contribution in [2.75, 3.05) is 5.32 Å². The molecule has 2 heterocycles. The number of hydrogen-bond donors (Lipinski definition) is 1. The third-order valence-corrected chi connectivity index (χ3v) is 5.09. The van der Waals surface area contributed by atoms with Gasteiger partial charge in [0.15, 0.2) is 0 Å². The fourth-order valence-corrected chi connectivity index (χ4v) is 3.34. The van der Waals surface area contributed by atoms with Gasteiger partial charge in [-0.1, -0.05) is 37.3 Å². The summed E-state index contributed by atoms with van der Waals surface area (Å²) in [5.74, 6) is 2.02. The molecular weight excluding hydrogens is 378 g/mol. The summed E-state index contributed by atoms with van der Waals surface area (Å²) < 4.78 is 9.62. The Labute approximate surface area is 175 Å². The number of aromatic nitrogens is 4. The summed E-state index contributed by atoms with van der Waals surface area (Å²) in [6.45, 7) is 4.58. The Balaban J connectivity index is 1.55. The molecule has 0 spiro atoms. The Hall–Kier alpha value is -3.61. The van der Waals surface area contributed by atoms with E-state index in [-0.39, 0.29) is 25.1 Å². The topological polar surface area (TPSA) is 74.0 Å². The highest BCUT2D eigenvalue weighted by Crippen LogP contribution is 2.20. The first-order chi connectivity index (χ1) is 14.7. The molecule has 2 aromatic heterocycles. The number of nitrogens with one attached hydrogen (secondary N) is 1. The fraction of sp³-hybridized carbons (Fsp3) is 0.261. The molecule has 1 atom stereocenters. The van der Waals surface area contributed by atoms with Gasteiger partial charge in [0.1, 0.15) is 30.5 Å². The van der Waals surface area contributed by atoms with E-state index in [2.05, 4.69) is 29.2 Å². The van der Waals surface area contributed by atoms with E-state index < -0.39 is 0 Å². The number of benzene rings is 2. The average molecular weight is 403 g/mol. The molecule has 7 nitrogen and oxygen atoms in total. The first-order valence-electron chi connectivity index (χ1n) is 10.1. The minimum atomic E-state index is -0.135. The highest BCUT2D eigenvalue weighted by atomic mass is 16.5. The normalized spacial score (nSPS) is 12.1. The van der Waals surface area contributed by atoms with Crippen LogP contribution in [0, 0.1) is 0 Å². The van der Waals surface area contributed by atoms with Crippen LogP contribution in [0.25, 0.3) is 11.0 Å². The third-order valence-electron chi connectivity index (χ3n) is 5.09. The molecular formula is C23H25N5O2. The maximum absolute atomic E-state index is 12.9. The Morgan fingerprint density at radius 3 is 2.67 bits per heavy atom. The monoisotopic (exact) mass is 403 g/mol. The van der Waals surface area contributed by atoms with Crippen LogP contribution in [0.1, 0.15) is 32.1 Å². The number of hydrogen-bond acceptors (Lipinski definition) is 4. The van der Waals surface area contributed by atoms with Crippen LogP contribution in [0.3, 0.4) is 0 Å². The molecule has 1 N–H and O–H groups in total. The number of imidazole rings is 1. The molecule has 1 unspecified atom stereocenters. The molecule has 0 fully saturated rings. The highest BCUT2D eigenvalue weighted by molar-refractivity contribution is 5.91. The van der Waals surface area contributed by atoms with Crippen molar-refractivity contribution in [1.29, 1.82) is 0 Å². The van der Waals surface area contributed by atoms with Gasteiger partial charge in [-0.2, -0.15) is 5.10 Å². The summed E-state index contributed by atoms with van der Waals surface area (Å²) in [5, 5.41) is 7.31. The van der Waals surface area contributed by atoms with Gasteiger partial charge in [-0.15, -0.1) is 0 Å². The molecule has 0 aliphatic heterocycles. The summed E-state index contributed by atoms with van der Waals surface area (Å²) in [4.78, 5) is 17.5. The van der Waals surface area contributed by atoms with Gasteiger partial charge in [0.05, 0.1) is 23.3 Å². The lowest BCUT2D eigenvalue weighted by atomic mass is 10.3. The molecule has 4 aromatic rings.